The van der Waals surface area contributed by atoms with Crippen LogP contribution in [0.4, 0.5) is 0 Å². The van der Waals surface area contributed by atoms with E-state index in [9.17, 15) is 4.79 Å². The average Bonchev–Trinajstić information content (AvgIpc) is 3.09. The van der Waals surface area contributed by atoms with E-state index in [0.717, 1.165) is 28.3 Å². The number of carbonyl (C=O) groups is 1. The number of methoxy groups -OCH3 is 1. The summed E-state index contributed by atoms with van der Waals surface area (Å²) in [5.41, 5.74) is 3.57. The molecule has 1 N–H and O–H groups in total. The van der Waals surface area contributed by atoms with Gasteiger partial charge in [-0.1, -0.05) is 30.3 Å². The van der Waals surface area contributed by atoms with Gasteiger partial charge in [-0.05, 0) is 23.8 Å². The quantitative estimate of drug-likeness (QED) is 0.741. The zero-order valence-electron chi connectivity index (χ0n) is 16.0. The van der Waals surface area contributed by atoms with Gasteiger partial charge in [-0.3, -0.25) is 9.48 Å². The fourth-order valence-corrected chi connectivity index (χ4v) is 3.54. The topological polar surface area (TPSA) is 65.4 Å². The van der Waals surface area contributed by atoms with Gasteiger partial charge in [-0.25, -0.2) is 0 Å². The molecule has 0 fully saturated rings. The Kier molecular flexibility index (Phi) is 5.02. The van der Waals surface area contributed by atoms with Crippen LogP contribution in [0, 0.1) is 0 Å². The number of nitrogens with zero attached hydrogens (tertiary/aromatic N) is 2. The van der Waals surface area contributed by atoms with Crippen molar-refractivity contribution in [3.63, 3.8) is 0 Å². The third-order valence-electron chi connectivity index (χ3n) is 5.08. The molecular formula is C22H23N3O3. The van der Waals surface area contributed by atoms with E-state index in [-0.39, 0.29) is 11.9 Å². The van der Waals surface area contributed by atoms with E-state index in [1.54, 1.807) is 18.0 Å². The number of hydrogen-bond donors (Lipinski definition) is 1. The molecule has 28 heavy (non-hydrogen) atoms. The highest BCUT2D eigenvalue weighted by Crippen LogP contribution is 2.35. The number of fused-ring (bicyclic) bond motifs is 1. The predicted molar refractivity (Wildman–Crippen MR) is 106 cm³/mol. The zero-order chi connectivity index (χ0) is 19.5. The molecule has 0 spiro atoms. The molecule has 0 bridgehead atoms. The Morgan fingerprint density at radius 1 is 1.29 bits per heavy atom. The summed E-state index contributed by atoms with van der Waals surface area (Å²) in [5, 5.41) is 7.46. The van der Waals surface area contributed by atoms with E-state index < -0.39 is 0 Å². The predicted octanol–water partition coefficient (Wildman–Crippen LogP) is 3.27. The highest BCUT2D eigenvalue weighted by molar-refractivity contribution is 5.95. The second-order valence-electron chi connectivity index (χ2n) is 6.86. The molecule has 0 radical (unpaired) electrons. The summed E-state index contributed by atoms with van der Waals surface area (Å²) in [7, 11) is 3.49. The van der Waals surface area contributed by atoms with Gasteiger partial charge in [-0.2, -0.15) is 5.10 Å². The van der Waals surface area contributed by atoms with Crippen LogP contribution in [0.1, 0.15) is 39.6 Å². The molecule has 144 valence electrons. The lowest BCUT2D eigenvalue weighted by Gasteiger charge is -2.27. The number of hydrogen-bond acceptors (Lipinski definition) is 4. The third kappa shape index (κ3) is 3.58. The van der Waals surface area contributed by atoms with Crippen LogP contribution >= 0.6 is 0 Å². The smallest absolute Gasteiger partial charge is 0.255 e. The molecule has 1 amide bonds. The first-order valence-electron chi connectivity index (χ1n) is 9.32. The molecular weight excluding hydrogens is 354 g/mol. The fraction of sp³-hybridized carbons (Fsp3) is 0.273. The van der Waals surface area contributed by atoms with Crippen LogP contribution in [0.25, 0.3) is 0 Å². The number of aryl methyl sites for hydroxylation is 1. The van der Waals surface area contributed by atoms with Gasteiger partial charge in [-0.15, -0.1) is 0 Å². The van der Waals surface area contributed by atoms with Crippen molar-refractivity contribution in [2.24, 2.45) is 7.05 Å². The van der Waals surface area contributed by atoms with Gasteiger partial charge < -0.3 is 14.8 Å². The van der Waals surface area contributed by atoms with Gasteiger partial charge in [0.05, 0.1) is 37.2 Å². The molecule has 0 saturated carbocycles. The van der Waals surface area contributed by atoms with E-state index in [2.05, 4.69) is 22.5 Å². The van der Waals surface area contributed by atoms with Crippen molar-refractivity contribution in [3.05, 3.63) is 77.1 Å². The molecule has 2 heterocycles. The molecule has 0 aliphatic carbocycles. The summed E-state index contributed by atoms with van der Waals surface area (Å²) in [6.45, 7) is 0.564. The SMILES string of the molecule is COc1ccc2c(c1)[C@@H](NC(=O)c1cnn(C)c1Cc1ccccc1)CCO2. The number of nitrogens with one attached hydrogen (secondary N) is 1. The number of aromatic nitrogens is 2. The zero-order valence-corrected chi connectivity index (χ0v) is 16.0. The Hall–Kier alpha value is -3.28. The second kappa shape index (κ2) is 7.76. The lowest BCUT2D eigenvalue weighted by atomic mass is 9.99. The van der Waals surface area contributed by atoms with Crippen LogP contribution in [0.3, 0.4) is 0 Å². The van der Waals surface area contributed by atoms with Crippen LogP contribution in [-0.4, -0.2) is 29.4 Å². The molecule has 6 nitrogen and oxygen atoms in total. The van der Waals surface area contributed by atoms with E-state index in [1.807, 2.05) is 43.4 Å². The monoisotopic (exact) mass is 377 g/mol. The Morgan fingerprint density at radius 2 is 2.11 bits per heavy atom. The van der Waals surface area contributed by atoms with Gasteiger partial charge in [0, 0.05) is 25.5 Å². The van der Waals surface area contributed by atoms with Crippen molar-refractivity contribution in [2.45, 2.75) is 18.9 Å². The van der Waals surface area contributed by atoms with Crippen molar-refractivity contribution in [1.82, 2.24) is 15.1 Å². The van der Waals surface area contributed by atoms with Gasteiger partial charge in [0.15, 0.2) is 0 Å². The van der Waals surface area contributed by atoms with Crippen molar-refractivity contribution in [2.75, 3.05) is 13.7 Å². The van der Waals surface area contributed by atoms with Crippen molar-refractivity contribution in [1.29, 1.82) is 0 Å². The lowest BCUT2D eigenvalue weighted by molar-refractivity contribution is 0.0923. The summed E-state index contributed by atoms with van der Waals surface area (Å²) < 4.78 is 12.8. The number of amides is 1. The van der Waals surface area contributed by atoms with Gasteiger partial charge in [0.25, 0.3) is 5.91 Å². The number of ether oxygens (including phenoxy) is 2. The molecule has 6 heteroatoms. The normalized spacial score (nSPS) is 15.4. The first-order chi connectivity index (χ1) is 13.7. The Labute approximate surface area is 164 Å². The molecule has 2 aromatic carbocycles. The third-order valence-corrected chi connectivity index (χ3v) is 5.08. The maximum Gasteiger partial charge on any atom is 0.255 e. The summed E-state index contributed by atoms with van der Waals surface area (Å²) in [6, 6.07) is 15.6. The number of rotatable bonds is 5. The average molecular weight is 377 g/mol. The molecule has 1 aromatic heterocycles. The van der Waals surface area contributed by atoms with Gasteiger partial charge in [0.2, 0.25) is 0 Å². The summed E-state index contributed by atoms with van der Waals surface area (Å²) in [5.74, 6) is 1.40. The van der Waals surface area contributed by atoms with Gasteiger partial charge in [0.1, 0.15) is 11.5 Å². The lowest BCUT2D eigenvalue weighted by Crippen LogP contribution is -2.32. The maximum absolute atomic E-state index is 13.1. The van der Waals surface area contributed by atoms with Crippen LogP contribution in [-0.2, 0) is 13.5 Å². The summed E-state index contributed by atoms with van der Waals surface area (Å²) >= 11 is 0. The summed E-state index contributed by atoms with van der Waals surface area (Å²) in [6.07, 6.45) is 3.00. The van der Waals surface area contributed by atoms with Crippen LogP contribution < -0.4 is 14.8 Å². The summed E-state index contributed by atoms with van der Waals surface area (Å²) in [4.78, 5) is 13.1. The van der Waals surface area contributed by atoms with Crippen molar-refractivity contribution >= 4 is 5.91 Å². The van der Waals surface area contributed by atoms with Crippen molar-refractivity contribution < 1.29 is 14.3 Å². The standard InChI is InChI=1S/C22H23N3O3/c1-25-20(12-15-6-4-3-5-7-15)18(14-23-25)22(26)24-19-10-11-28-21-9-8-16(27-2)13-17(19)21/h3-9,13-14,19H,10-12H2,1-2H3,(H,24,26)/t19-/m0/s1. The second-order valence-corrected chi connectivity index (χ2v) is 6.86. The Balaban J connectivity index is 1.57. The van der Waals surface area contributed by atoms with Crippen LogP contribution in [0.15, 0.2) is 54.7 Å². The molecule has 1 aliphatic heterocycles. The van der Waals surface area contributed by atoms with E-state index >= 15 is 0 Å². The molecule has 4 rings (SSSR count). The fourth-order valence-electron chi connectivity index (χ4n) is 3.54. The first kappa shape index (κ1) is 18.1. The first-order valence-corrected chi connectivity index (χ1v) is 9.32. The highest BCUT2D eigenvalue weighted by atomic mass is 16.5. The molecule has 1 aliphatic rings. The molecule has 0 unspecified atom stereocenters. The number of carbonyl (C=O) groups excluding carboxylic acids is 1. The maximum atomic E-state index is 13.1. The minimum absolute atomic E-state index is 0.125. The molecule has 3 aromatic rings. The number of benzene rings is 2. The van der Waals surface area contributed by atoms with Crippen LogP contribution in [0.5, 0.6) is 11.5 Å². The largest absolute Gasteiger partial charge is 0.497 e. The van der Waals surface area contributed by atoms with E-state index in [0.29, 0.717) is 25.0 Å². The van der Waals surface area contributed by atoms with E-state index in [4.69, 9.17) is 9.47 Å². The Bertz CT molecular complexity index is 982. The van der Waals surface area contributed by atoms with Crippen LogP contribution in [0.2, 0.25) is 0 Å². The van der Waals surface area contributed by atoms with Gasteiger partial charge >= 0.3 is 0 Å². The molecule has 1 atom stereocenters. The van der Waals surface area contributed by atoms with E-state index in [1.165, 1.54) is 0 Å². The minimum Gasteiger partial charge on any atom is -0.497 e. The highest BCUT2D eigenvalue weighted by Gasteiger charge is 2.26. The Morgan fingerprint density at radius 3 is 2.89 bits per heavy atom. The van der Waals surface area contributed by atoms with Crippen molar-refractivity contribution in [3.8, 4) is 11.5 Å². The minimum atomic E-state index is -0.129. The molecule has 0 saturated heterocycles.